The molecule has 1 aliphatic heterocycles. The molecule has 1 aliphatic rings. The van der Waals surface area contributed by atoms with Crippen LogP contribution in [-0.2, 0) is 6.54 Å². The molecule has 2 aromatic rings. The molecule has 1 fully saturated rings. The molecule has 0 radical (unpaired) electrons. The zero-order valence-electron chi connectivity index (χ0n) is 12.0. The number of hydrogen-bond acceptors (Lipinski definition) is 3. The van der Waals surface area contributed by atoms with Gasteiger partial charge in [0, 0.05) is 48.6 Å². The average Bonchev–Trinajstić information content (AvgIpc) is 2.50. The van der Waals surface area contributed by atoms with Gasteiger partial charge in [0.15, 0.2) is 0 Å². The van der Waals surface area contributed by atoms with Gasteiger partial charge < -0.3 is 10.6 Å². The lowest BCUT2D eigenvalue weighted by Gasteiger charge is -2.36. The third-order valence-electron chi connectivity index (χ3n) is 3.96. The Hall–Kier alpha value is -1.52. The van der Waals surface area contributed by atoms with Crippen molar-refractivity contribution in [2.75, 3.05) is 36.8 Å². The van der Waals surface area contributed by atoms with E-state index < -0.39 is 0 Å². The molecule has 0 bridgehead atoms. The van der Waals surface area contributed by atoms with Crippen molar-refractivity contribution in [1.82, 2.24) is 4.90 Å². The van der Waals surface area contributed by atoms with Gasteiger partial charge in [-0.2, -0.15) is 0 Å². The number of anilines is 2. The Balaban J connectivity index is 1.59. The normalized spacial score (nSPS) is 16.1. The number of piperazine rings is 1. The first kappa shape index (κ1) is 14.4. The summed E-state index contributed by atoms with van der Waals surface area (Å²) in [5.41, 5.74) is 9.29. The van der Waals surface area contributed by atoms with Crippen LogP contribution in [0.5, 0.6) is 0 Å². The van der Waals surface area contributed by atoms with Crippen molar-refractivity contribution in [2.24, 2.45) is 0 Å². The van der Waals surface area contributed by atoms with E-state index in [-0.39, 0.29) is 0 Å². The number of nitrogen functional groups attached to an aromatic ring is 1. The summed E-state index contributed by atoms with van der Waals surface area (Å²) in [5, 5.41) is 0. The zero-order valence-corrected chi connectivity index (χ0v) is 13.6. The lowest BCUT2D eigenvalue weighted by atomic mass is 10.2. The van der Waals surface area contributed by atoms with Gasteiger partial charge >= 0.3 is 0 Å². The highest BCUT2D eigenvalue weighted by atomic mass is 79.9. The maximum atomic E-state index is 5.87. The fourth-order valence-electron chi connectivity index (χ4n) is 2.75. The summed E-state index contributed by atoms with van der Waals surface area (Å²) in [7, 11) is 0. The zero-order chi connectivity index (χ0) is 14.7. The number of nitrogens with zero attached hydrogens (tertiary/aromatic N) is 2. The van der Waals surface area contributed by atoms with Crippen LogP contribution in [0.2, 0.25) is 0 Å². The minimum atomic E-state index is 0.836. The predicted molar refractivity (Wildman–Crippen MR) is 92.5 cm³/mol. The van der Waals surface area contributed by atoms with Gasteiger partial charge in [0.2, 0.25) is 0 Å². The Bertz CT molecular complexity index is 606. The maximum absolute atomic E-state index is 5.87. The van der Waals surface area contributed by atoms with E-state index in [1.165, 1.54) is 15.7 Å². The van der Waals surface area contributed by atoms with E-state index >= 15 is 0 Å². The molecular weight excluding hydrogens is 326 g/mol. The summed E-state index contributed by atoms with van der Waals surface area (Å²) in [6, 6.07) is 16.6. The Morgan fingerprint density at radius 3 is 2.43 bits per heavy atom. The molecule has 0 spiro atoms. The molecule has 4 heteroatoms. The fourth-order valence-corrected chi connectivity index (χ4v) is 3.16. The summed E-state index contributed by atoms with van der Waals surface area (Å²) in [6.07, 6.45) is 0. The van der Waals surface area contributed by atoms with Gasteiger partial charge in [-0.15, -0.1) is 0 Å². The van der Waals surface area contributed by atoms with Gasteiger partial charge in [-0.1, -0.05) is 40.2 Å². The molecule has 0 saturated carbocycles. The van der Waals surface area contributed by atoms with E-state index in [2.05, 4.69) is 62.1 Å². The van der Waals surface area contributed by atoms with Crippen LogP contribution in [0.1, 0.15) is 5.56 Å². The Kier molecular flexibility index (Phi) is 4.46. The molecule has 3 rings (SSSR count). The van der Waals surface area contributed by atoms with Gasteiger partial charge in [0.1, 0.15) is 0 Å². The van der Waals surface area contributed by atoms with Crippen LogP contribution in [-0.4, -0.2) is 31.1 Å². The molecule has 2 N–H and O–H groups in total. The van der Waals surface area contributed by atoms with Crippen LogP contribution in [0.4, 0.5) is 11.4 Å². The lowest BCUT2D eigenvalue weighted by molar-refractivity contribution is 0.249. The number of nitrogens with two attached hydrogens (primary N) is 1. The molecule has 1 heterocycles. The van der Waals surface area contributed by atoms with Crippen molar-refractivity contribution in [3.63, 3.8) is 0 Å². The largest absolute Gasteiger partial charge is 0.399 e. The quantitative estimate of drug-likeness (QED) is 0.865. The minimum Gasteiger partial charge on any atom is -0.399 e. The molecule has 1 saturated heterocycles. The van der Waals surface area contributed by atoms with E-state index in [4.69, 9.17) is 5.73 Å². The fraction of sp³-hybridized carbons (Fsp3) is 0.294. The Morgan fingerprint density at radius 2 is 1.71 bits per heavy atom. The number of benzene rings is 2. The first-order valence-corrected chi connectivity index (χ1v) is 8.08. The number of rotatable bonds is 3. The summed E-state index contributed by atoms with van der Waals surface area (Å²) in [6.45, 7) is 5.26. The van der Waals surface area contributed by atoms with Crippen LogP contribution in [0.3, 0.4) is 0 Å². The molecule has 0 aromatic heterocycles. The molecule has 0 aliphatic carbocycles. The van der Waals surface area contributed by atoms with Crippen LogP contribution >= 0.6 is 15.9 Å². The van der Waals surface area contributed by atoms with Crippen molar-refractivity contribution < 1.29 is 0 Å². The molecule has 110 valence electrons. The second-order valence-electron chi connectivity index (χ2n) is 5.45. The van der Waals surface area contributed by atoms with Gasteiger partial charge in [-0.05, 0) is 29.8 Å². The van der Waals surface area contributed by atoms with Crippen molar-refractivity contribution in [3.8, 4) is 0 Å². The molecular formula is C17H20BrN3. The van der Waals surface area contributed by atoms with Crippen molar-refractivity contribution in [1.29, 1.82) is 0 Å². The molecule has 0 atom stereocenters. The SMILES string of the molecule is Nc1cccc(N2CCN(Cc3ccccc3Br)CC2)c1. The minimum absolute atomic E-state index is 0.836. The van der Waals surface area contributed by atoms with Crippen molar-refractivity contribution in [2.45, 2.75) is 6.54 Å². The molecule has 0 amide bonds. The molecule has 2 aromatic carbocycles. The van der Waals surface area contributed by atoms with Crippen LogP contribution in [0.15, 0.2) is 53.0 Å². The first-order valence-electron chi connectivity index (χ1n) is 7.28. The summed E-state index contributed by atoms with van der Waals surface area (Å²) < 4.78 is 1.20. The summed E-state index contributed by atoms with van der Waals surface area (Å²) in [5.74, 6) is 0. The van der Waals surface area contributed by atoms with Crippen LogP contribution in [0.25, 0.3) is 0 Å². The Morgan fingerprint density at radius 1 is 0.952 bits per heavy atom. The first-order chi connectivity index (χ1) is 10.2. The molecule has 21 heavy (non-hydrogen) atoms. The average molecular weight is 346 g/mol. The highest BCUT2D eigenvalue weighted by Gasteiger charge is 2.17. The third kappa shape index (κ3) is 3.57. The third-order valence-corrected chi connectivity index (χ3v) is 4.73. The molecule has 0 unspecified atom stereocenters. The van der Waals surface area contributed by atoms with E-state index in [9.17, 15) is 0 Å². The van der Waals surface area contributed by atoms with Gasteiger partial charge in [0.25, 0.3) is 0 Å². The van der Waals surface area contributed by atoms with Crippen molar-refractivity contribution >= 4 is 27.3 Å². The van der Waals surface area contributed by atoms with Gasteiger partial charge in [0.05, 0.1) is 0 Å². The standard InChI is InChI=1S/C17H20BrN3/c18-17-7-2-1-4-14(17)13-20-8-10-21(11-9-20)16-6-3-5-15(19)12-16/h1-7,12H,8-11,13,19H2. The summed E-state index contributed by atoms with van der Waals surface area (Å²) >= 11 is 3.63. The highest BCUT2D eigenvalue weighted by molar-refractivity contribution is 9.10. The van der Waals surface area contributed by atoms with Crippen LogP contribution < -0.4 is 10.6 Å². The Labute approximate surface area is 134 Å². The predicted octanol–water partition coefficient (Wildman–Crippen LogP) is 3.35. The van der Waals surface area contributed by atoms with Gasteiger partial charge in [-0.3, -0.25) is 4.90 Å². The van der Waals surface area contributed by atoms with E-state index in [1.54, 1.807) is 0 Å². The lowest BCUT2D eigenvalue weighted by Crippen LogP contribution is -2.46. The highest BCUT2D eigenvalue weighted by Crippen LogP contribution is 2.21. The molecule has 3 nitrogen and oxygen atoms in total. The second kappa shape index (κ2) is 6.50. The van der Waals surface area contributed by atoms with E-state index in [0.717, 1.165) is 38.4 Å². The van der Waals surface area contributed by atoms with Gasteiger partial charge in [-0.25, -0.2) is 0 Å². The second-order valence-corrected chi connectivity index (χ2v) is 6.30. The number of halogens is 1. The van der Waals surface area contributed by atoms with Crippen LogP contribution in [0, 0.1) is 0 Å². The number of hydrogen-bond donors (Lipinski definition) is 1. The van der Waals surface area contributed by atoms with Crippen molar-refractivity contribution in [3.05, 3.63) is 58.6 Å². The summed E-state index contributed by atoms with van der Waals surface area (Å²) in [4.78, 5) is 4.91. The van der Waals surface area contributed by atoms with E-state index in [0.29, 0.717) is 0 Å². The maximum Gasteiger partial charge on any atom is 0.0387 e. The van der Waals surface area contributed by atoms with E-state index in [1.807, 2.05) is 12.1 Å². The smallest absolute Gasteiger partial charge is 0.0387 e. The monoisotopic (exact) mass is 345 g/mol. The topological polar surface area (TPSA) is 32.5 Å².